The molecule has 1 amide bonds. The van der Waals surface area contributed by atoms with E-state index in [1.54, 1.807) is 0 Å². The average Bonchev–Trinajstić information content (AvgIpc) is 2.51. The smallest absolute Gasteiger partial charge is 0.277 e. The summed E-state index contributed by atoms with van der Waals surface area (Å²) in [5.41, 5.74) is 5.75. The van der Waals surface area contributed by atoms with E-state index in [9.17, 15) is 4.79 Å². The molecule has 0 radical (unpaired) electrons. The standard InChI is InChI=1S/C19H30N2O2/c1-6-7-8-9-16(5)20-21-19(22)13-23-18-12-15(4)10-11-17(18)14(2)3/h10-12,14H,6-9,13H2,1-5H3,(H,21,22)/b20-16+. The minimum atomic E-state index is -0.226. The van der Waals surface area contributed by atoms with Crippen LogP contribution in [0.2, 0.25) is 0 Å². The summed E-state index contributed by atoms with van der Waals surface area (Å²) >= 11 is 0. The summed E-state index contributed by atoms with van der Waals surface area (Å²) in [5.74, 6) is 0.905. The van der Waals surface area contributed by atoms with E-state index in [1.807, 2.05) is 19.9 Å². The predicted octanol–water partition coefficient (Wildman–Crippen LogP) is 4.57. The van der Waals surface area contributed by atoms with Gasteiger partial charge in [-0.3, -0.25) is 4.79 Å². The lowest BCUT2D eigenvalue weighted by molar-refractivity contribution is -0.123. The van der Waals surface area contributed by atoms with Gasteiger partial charge in [-0.1, -0.05) is 45.7 Å². The van der Waals surface area contributed by atoms with Gasteiger partial charge < -0.3 is 4.74 Å². The second kappa shape index (κ2) is 10.0. The van der Waals surface area contributed by atoms with Gasteiger partial charge >= 0.3 is 0 Å². The van der Waals surface area contributed by atoms with Gasteiger partial charge in [-0.25, -0.2) is 5.43 Å². The number of ether oxygens (including phenoxy) is 1. The second-order valence-electron chi connectivity index (χ2n) is 6.32. The number of aryl methyl sites for hydroxylation is 1. The van der Waals surface area contributed by atoms with E-state index >= 15 is 0 Å². The van der Waals surface area contributed by atoms with E-state index in [4.69, 9.17) is 4.74 Å². The summed E-state index contributed by atoms with van der Waals surface area (Å²) in [6.07, 6.45) is 4.40. The van der Waals surface area contributed by atoms with E-state index in [0.717, 1.165) is 35.4 Å². The lowest BCUT2D eigenvalue weighted by Gasteiger charge is -2.14. The normalized spacial score (nSPS) is 11.7. The molecule has 23 heavy (non-hydrogen) atoms. The van der Waals surface area contributed by atoms with E-state index < -0.39 is 0 Å². The highest BCUT2D eigenvalue weighted by molar-refractivity contribution is 5.84. The zero-order valence-electron chi connectivity index (χ0n) is 15.1. The molecule has 0 spiro atoms. The van der Waals surface area contributed by atoms with Gasteiger partial charge in [-0.15, -0.1) is 0 Å². The van der Waals surface area contributed by atoms with Crippen molar-refractivity contribution in [1.82, 2.24) is 5.43 Å². The summed E-state index contributed by atoms with van der Waals surface area (Å²) < 4.78 is 5.69. The molecule has 0 unspecified atom stereocenters. The molecule has 128 valence electrons. The molecule has 1 aromatic rings. The second-order valence-corrected chi connectivity index (χ2v) is 6.32. The van der Waals surface area contributed by atoms with Crippen LogP contribution in [0.15, 0.2) is 23.3 Å². The third-order valence-corrected chi connectivity index (χ3v) is 3.66. The van der Waals surface area contributed by atoms with Crippen LogP contribution < -0.4 is 10.2 Å². The molecule has 0 bridgehead atoms. The first-order valence-corrected chi connectivity index (χ1v) is 8.49. The Morgan fingerprint density at radius 3 is 2.70 bits per heavy atom. The Labute approximate surface area is 140 Å². The summed E-state index contributed by atoms with van der Waals surface area (Å²) in [5, 5.41) is 4.12. The van der Waals surface area contributed by atoms with Crippen molar-refractivity contribution in [3.63, 3.8) is 0 Å². The van der Waals surface area contributed by atoms with Gasteiger partial charge in [0.05, 0.1) is 0 Å². The van der Waals surface area contributed by atoms with Gasteiger partial charge in [-0.2, -0.15) is 5.10 Å². The van der Waals surface area contributed by atoms with Crippen LogP contribution in [0.5, 0.6) is 5.75 Å². The van der Waals surface area contributed by atoms with Crippen molar-refractivity contribution >= 4 is 11.6 Å². The fourth-order valence-electron chi connectivity index (χ4n) is 2.26. The number of amides is 1. The van der Waals surface area contributed by atoms with Crippen LogP contribution in [0.4, 0.5) is 0 Å². The van der Waals surface area contributed by atoms with Crippen molar-refractivity contribution in [3.8, 4) is 5.75 Å². The number of nitrogens with one attached hydrogen (secondary N) is 1. The van der Waals surface area contributed by atoms with Gasteiger partial charge in [-0.05, 0) is 49.8 Å². The van der Waals surface area contributed by atoms with Crippen molar-refractivity contribution in [3.05, 3.63) is 29.3 Å². The Morgan fingerprint density at radius 1 is 1.30 bits per heavy atom. The molecule has 1 N–H and O–H groups in total. The summed E-state index contributed by atoms with van der Waals surface area (Å²) in [6, 6.07) is 6.09. The SMILES string of the molecule is CCCCC/C(C)=N/NC(=O)COc1cc(C)ccc1C(C)C. The number of nitrogens with zero attached hydrogens (tertiary/aromatic N) is 1. The molecule has 0 aliphatic carbocycles. The Balaban J connectivity index is 2.50. The molecule has 1 rings (SSSR count). The molecule has 1 aromatic carbocycles. The van der Waals surface area contributed by atoms with E-state index in [2.05, 4.69) is 43.4 Å². The molecule has 0 atom stereocenters. The van der Waals surface area contributed by atoms with Crippen LogP contribution in [-0.2, 0) is 4.79 Å². The molecule has 0 saturated heterocycles. The summed E-state index contributed by atoms with van der Waals surface area (Å²) in [4.78, 5) is 11.9. The first kappa shape index (κ1) is 19.2. The highest BCUT2D eigenvalue weighted by atomic mass is 16.5. The van der Waals surface area contributed by atoms with Gasteiger partial charge in [0.2, 0.25) is 0 Å². The Kier molecular flexibility index (Phi) is 8.38. The summed E-state index contributed by atoms with van der Waals surface area (Å²) in [7, 11) is 0. The molecule has 0 saturated carbocycles. The molecular weight excluding hydrogens is 288 g/mol. The first-order chi connectivity index (χ1) is 10.9. The van der Waals surface area contributed by atoms with Gasteiger partial charge in [0.25, 0.3) is 5.91 Å². The van der Waals surface area contributed by atoms with Crippen molar-refractivity contribution in [1.29, 1.82) is 0 Å². The molecule has 0 aromatic heterocycles. The monoisotopic (exact) mass is 318 g/mol. The van der Waals surface area contributed by atoms with Crippen LogP contribution in [-0.4, -0.2) is 18.2 Å². The Bertz CT molecular complexity index is 536. The number of unbranched alkanes of at least 4 members (excludes halogenated alkanes) is 2. The van der Waals surface area contributed by atoms with Gasteiger partial charge in [0, 0.05) is 5.71 Å². The summed E-state index contributed by atoms with van der Waals surface area (Å²) in [6.45, 7) is 10.3. The third-order valence-electron chi connectivity index (χ3n) is 3.66. The molecule has 4 nitrogen and oxygen atoms in total. The molecular formula is C19H30N2O2. The largest absolute Gasteiger partial charge is 0.483 e. The number of hydrogen-bond acceptors (Lipinski definition) is 3. The minimum Gasteiger partial charge on any atom is -0.483 e. The van der Waals surface area contributed by atoms with Crippen molar-refractivity contribution in [2.75, 3.05) is 6.61 Å². The van der Waals surface area contributed by atoms with Crippen LogP contribution in [0.3, 0.4) is 0 Å². The van der Waals surface area contributed by atoms with E-state index in [-0.39, 0.29) is 12.5 Å². The highest BCUT2D eigenvalue weighted by Crippen LogP contribution is 2.27. The maximum Gasteiger partial charge on any atom is 0.277 e. The van der Waals surface area contributed by atoms with E-state index in [0.29, 0.717) is 5.92 Å². The number of benzene rings is 1. The predicted molar refractivity (Wildman–Crippen MR) is 96.2 cm³/mol. The van der Waals surface area contributed by atoms with Gasteiger partial charge in [0.15, 0.2) is 6.61 Å². The number of carbonyl (C=O) groups excluding carboxylic acids is 1. The molecule has 4 heteroatoms. The highest BCUT2D eigenvalue weighted by Gasteiger charge is 2.10. The fraction of sp³-hybridized carbons (Fsp3) is 0.579. The third kappa shape index (κ3) is 7.31. The quantitative estimate of drug-likeness (QED) is 0.412. The van der Waals surface area contributed by atoms with E-state index in [1.165, 1.54) is 12.8 Å². The van der Waals surface area contributed by atoms with Crippen molar-refractivity contribution in [2.24, 2.45) is 5.10 Å². The van der Waals surface area contributed by atoms with Crippen LogP contribution >= 0.6 is 0 Å². The topological polar surface area (TPSA) is 50.7 Å². The maximum absolute atomic E-state index is 11.9. The van der Waals surface area contributed by atoms with Crippen LogP contribution in [0, 0.1) is 6.92 Å². The van der Waals surface area contributed by atoms with Gasteiger partial charge in [0.1, 0.15) is 5.75 Å². The minimum absolute atomic E-state index is 0.0189. The number of carbonyl (C=O) groups is 1. The molecule has 0 fully saturated rings. The Morgan fingerprint density at radius 2 is 2.04 bits per heavy atom. The zero-order valence-corrected chi connectivity index (χ0v) is 15.1. The van der Waals surface area contributed by atoms with Crippen LogP contribution in [0.1, 0.15) is 70.4 Å². The molecule has 0 aliphatic rings. The first-order valence-electron chi connectivity index (χ1n) is 8.49. The fourth-order valence-corrected chi connectivity index (χ4v) is 2.26. The van der Waals surface area contributed by atoms with Crippen LogP contribution in [0.25, 0.3) is 0 Å². The maximum atomic E-state index is 11.9. The number of rotatable bonds is 9. The van der Waals surface area contributed by atoms with Crippen molar-refractivity contribution in [2.45, 2.75) is 66.2 Å². The number of hydrogen-bond donors (Lipinski definition) is 1. The average molecular weight is 318 g/mol. The number of hydrazone groups is 1. The molecule has 0 heterocycles. The zero-order chi connectivity index (χ0) is 17.2. The Hall–Kier alpha value is -1.84. The van der Waals surface area contributed by atoms with Crippen molar-refractivity contribution < 1.29 is 9.53 Å². The lowest BCUT2D eigenvalue weighted by Crippen LogP contribution is -2.25. The molecule has 0 aliphatic heterocycles. The lowest BCUT2D eigenvalue weighted by atomic mass is 10.0.